The fraction of sp³-hybridized carbons (Fsp3) is 0.350. The van der Waals surface area contributed by atoms with E-state index in [1.165, 1.54) is 7.11 Å². The summed E-state index contributed by atoms with van der Waals surface area (Å²) in [4.78, 5) is 11.0. The summed E-state index contributed by atoms with van der Waals surface area (Å²) < 4.78 is 15.3. The molecule has 6 nitrogen and oxygen atoms in total. The van der Waals surface area contributed by atoms with Gasteiger partial charge in [-0.15, -0.1) is 0 Å². The van der Waals surface area contributed by atoms with Crippen molar-refractivity contribution >= 4 is 5.97 Å². The molecule has 2 N–H and O–H groups in total. The van der Waals surface area contributed by atoms with Crippen LogP contribution >= 0.6 is 0 Å². The number of ether oxygens (including phenoxy) is 3. The van der Waals surface area contributed by atoms with E-state index in [2.05, 4.69) is 10.1 Å². The van der Waals surface area contributed by atoms with Gasteiger partial charge < -0.3 is 24.6 Å². The first-order chi connectivity index (χ1) is 12.7. The minimum Gasteiger partial charge on any atom is -0.491 e. The van der Waals surface area contributed by atoms with Crippen molar-refractivity contribution in [2.24, 2.45) is 0 Å². The molecule has 0 aliphatic rings. The van der Waals surface area contributed by atoms with Gasteiger partial charge in [0, 0.05) is 6.54 Å². The van der Waals surface area contributed by atoms with Gasteiger partial charge in [0.25, 0.3) is 0 Å². The third kappa shape index (κ3) is 7.55. The predicted molar refractivity (Wildman–Crippen MR) is 98.5 cm³/mol. The van der Waals surface area contributed by atoms with Gasteiger partial charge in [-0.25, -0.2) is 4.79 Å². The molecule has 0 unspecified atom stereocenters. The van der Waals surface area contributed by atoms with E-state index in [-0.39, 0.29) is 13.2 Å². The lowest BCUT2D eigenvalue weighted by atomic mass is 10.1. The lowest BCUT2D eigenvalue weighted by Gasteiger charge is -2.13. The van der Waals surface area contributed by atoms with Gasteiger partial charge in [-0.2, -0.15) is 0 Å². The molecule has 2 rings (SSSR count). The van der Waals surface area contributed by atoms with Gasteiger partial charge in [0.1, 0.15) is 24.2 Å². The van der Waals surface area contributed by atoms with Gasteiger partial charge in [0.15, 0.2) is 6.61 Å². The molecular weight excluding hydrogens is 334 g/mol. The van der Waals surface area contributed by atoms with E-state index in [1.54, 1.807) is 0 Å². The van der Waals surface area contributed by atoms with Gasteiger partial charge in [0.05, 0.1) is 7.11 Å². The van der Waals surface area contributed by atoms with Crippen molar-refractivity contribution in [1.29, 1.82) is 0 Å². The molecule has 1 atom stereocenters. The average molecular weight is 359 g/mol. The number of aliphatic hydroxyl groups excluding tert-OH is 1. The number of esters is 1. The topological polar surface area (TPSA) is 77.0 Å². The molecule has 0 radical (unpaired) electrons. The Hall–Kier alpha value is -2.57. The second kappa shape index (κ2) is 11.1. The standard InChI is InChI=1S/C20H25NO5/c1-24-20(23)15-26-19-9-7-16(8-10-19)11-12-21-13-17(22)14-25-18-5-3-2-4-6-18/h2-10,17,21-22H,11-15H2,1H3/t17-/m0/s1. The molecule has 0 saturated heterocycles. The molecule has 0 spiro atoms. The number of methoxy groups -OCH3 is 1. The SMILES string of the molecule is COC(=O)COc1ccc(CCNC[C@H](O)COc2ccccc2)cc1. The highest BCUT2D eigenvalue weighted by Gasteiger charge is 2.05. The first kappa shape index (κ1) is 19.8. The first-order valence-corrected chi connectivity index (χ1v) is 8.52. The van der Waals surface area contributed by atoms with Crippen molar-refractivity contribution in [3.63, 3.8) is 0 Å². The first-order valence-electron chi connectivity index (χ1n) is 8.52. The maximum Gasteiger partial charge on any atom is 0.343 e. The van der Waals surface area contributed by atoms with Gasteiger partial charge >= 0.3 is 5.97 Å². The zero-order valence-electron chi connectivity index (χ0n) is 14.9. The monoisotopic (exact) mass is 359 g/mol. The number of hydrogen-bond donors (Lipinski definition) is 2. The maximum atomic E-state index is 11.0. The van der Waals surface area contributed by atoms with Gasteiger partial charge in [-0.05, 0) is 42.8 Å². The van der Waals surface area contributed by atoms with Crippen LogP contribution in [0.2, 0.25) is 0 Å². The summed E-state index contributed by atoms with van der Waals surface area (Å²) in [5, 5.41) is 13.1. The van der Waals surface area contributed by atoms with Crippen molar-refractivity contribution in [1.82, 2.24) is 5.32 Å². The van der Waals surface area contributed by atoms with E-state index in [9.17, 15) is 9.90 Å². The molecule has 2 aromatic rings. The highest BCUT2D eigenvalue weighted by Crippen LogP contribution is 2.12. The van der Waals surface area contributed by atoms with Crippen LogP contribution in [-0.2, 0) is 16.0 Å². The Morgan fingerprint density at radius 1 is 1.04 bits per heavy atom. The van der Waals surface area contributed by atoms with Crippen molar-refractivity contribution in [3.05, 3.63) is 60.2 Å². The second-order valence-electron chi connectivity index (χ2n) is 5.74. The van der Waals surface area contributed by atoms with Crippen LogP contribution in [0.4, 0.5) is 0 Å². The summed E-state index contributed by atoms with van der Waals surface area (Å²) in [6, 6.07) is 17.0. The minimum absolute atomic E-state index is 0.0969. The summed E-state index contributed by atoms with van der Waals surface area (Å²) in [5.41, 5.74) is 1.14. The van der Waals surface area contributed by atoms with E-state index in [1.807, 2.05) is 54.6 Å². The van der Waals surface area contributed by atoms with E-state index in [0.29, 0.717) is 12.3 Å². The third-order valence-electron chi connectivity index (χ3n) is 3.66. The highest BCUT2D eigenvalue weighted by atomic mass is 16.6. The van der Waals surface area contributed by atoms with Crippen LogP contribution in [0.15, 0.2) is 54.6 Å². The Bertz CT molecular complexity index is 645. The number of carbonyl (C=O) groups is 1. The van der Waals surface area contributed by atoms with Crippen molar-refractivity contribution in [3.8, 4) is 11.5 Å². The molecule has 0 aromatic heterocycles. The summed E-state index contributed by atoms with van der Waals surface area (Å²) in [7, 11) is 1.33. The van der Waals surface area contributed by atoms with E-state index < -0.39 is 12.1 Å². The molecule has 2 aromatic carbocycles. The Morgan fingerprint density at radius 3 is 2.42 bits per heavy atom. The fourth-order valence-electron chi connectivity index (χ4n) is 2.22. The van der Waals surface area contributed by atoms with Crippen LogP contribution in [0.3, 0.4) is 0 Å². The van der Waals surface area contributed by atoms with Crippen LogP contribution in [0.25, 0.3) is 0 Å². The van der Waals surface area contributed by atoms with Crippen molar-refractivity contribution in [2.45, 2.75) is 12.5 Å². The predicted octanol–water partition coefficient (Wildman–Crippen LogP) is 1.81. The number of benzene rings is 2. The van der Waals surface area contributed by atoms with Crippen molar-refractivity contribution in [2.75, 3.05) is 33.4 Å². The maximum absolute atomic E-state index is 11.0. The van der Waals surface area contributed by atoms with Crippen molar-refractivity contribution < 1.29 is 24.1 Å². The molecule has 0 amide bonds. The second-order valence-corrected chi connectivity index (χ2v) is 5.74. The fourth-order valence-corrected chi connectivity index (χ4v) is 2.22. The van der Waals surface area contributed by atoms with Crippen LogP contribution in [0.1, 0.15) is 5.56 Å². The number of para-hydroxylation sites is 1. The van der Waals surface area contributed by atoms with Crippen LogP contribution in [0.5, 0.6) is 11.5 Å². The van der Waals surface area contributed by atoms with E-state index >= 15 is 0 Å². The molecule has 26 heavy (non-hydrogen) atoms. The lowest BCUT2D eigenvalue weighted by Crippen LogP contribution is -2.32. The number of carbonyl (C=O) groups excluding carboxylic acids is 1. The zero-order chi connectivity index (χ0) is 18.6. The Labute approximate surface area is 153 Å². The normalized spacial score (nSPS) is 11.6. The zero-order valence-corrected chi connectivity index (χ0v) is 14.9. The molecule has 140 valence electrons. The highest BCUT2D eigenvalue weighted by molar-refractivity contribution is 5.70. The average Bonchev–Trinajstić information content (AvgIpc) is 2.69. The molecule has 0 bridgehead atoms. The van der Waals surface area contributed by atoms with Crippen LogP contribution in [0, 0.1) is 0 Å². The Kier molecular flexibility index (Phi) is 8.45. The summed E-state index contributed by atoms with van der Waals surface area (Å²) in [6.07, 6.45) is 0.258. The molecule has 6 heteroatoms. The Morgan fingerprint density at radius 2 is 1.73 bits per heavy atom. The summed E-state index contributed by atoms with van der Waals surface area (Å²) in [5.74, 6) is 0.967. The number of nitrogens with one attached hydrogen (secondary N) is 1. The molecule has 0 saturated carbocycles. The quantitative estimate of drug-likeness (QED) is 0.471. The lowest BCUT2D eigenvalue weighted by molar-refractivity contribution is -0.142. The molecule has 0 aliphatic carbocycles. The number of aliphatic hydroxyl groups is 1. The molecular formula is C20H25NO5. The molecule has 0 fully saturated rings. The number of rotatable bonds is 11. The largest absolute Gasteiger partial charge is 0.491 e. The molecule has 0 aliphatic heterocycles. The van der Waals surface area contributed by atoms with Gasteiger partial charge in [0.2, 0.25) is 0 Å². The van der Waals surface area contributed by atoms with Crippen LogP contribution < -0.4 is 14.8 Å². The smallest absolute Gasteiger partial charge is 0.343 e. The molecule has 0 heterocycles. The third-order valence-corrected chi connectivity index (χ3v) is 3.66. The van der Waals surface area contributed by atoms with E-state index in [0.717, 1.165) is 24.3 Å². The summed E-state index contributed by atoms with van der Waals surface area (Å²) in [6.45, 7) is 1.36. The van der Waals surface area contributed by atoms with Crippen LogP contribution in [-0.4, -0.2) is 50.6 Å². The van der Waals surface area contributed by atoms with Gasteiger partial charge in [-0.1, -0.05) is 30.3 Å². The number of hydrogen-bond acceptors (Lipinski definition) is 6. The summed E-state index contributed by atoms with van der Waals surface area (Å²) >= 11 is 0. The minimum atomic E-state index is -0.565. The van der Waals surface area contributed by atoms with Gasteiger partial charge in [-0.3, -0.25) is 0 Å². The Balaban J connectivity index is 1.59. The van der Waals surface area contributed by atoms with E-state index in [4.69, 9.17) is 9.47 Å².